The first kappa shape index (κ1) is 14.3. The molecule has 1 unspecified atom stereocenters. The second kappa shape index (κ2) is 6.34. The number of thiazole rings is 1. The number of carbonyl (C=O) groups excluding carboxylic acids is 1. The van der Waals surface area contributed by atoms with E-state index in [1.807, 2.05) is 13.2 Å². The number of likely N-dealkylation sites (N-methyl/N-ethyl adjacent to an activating group) is 1. The summed E-state index contributed by atoms with van der Waals surface area (Å²) in [5.74, 6) is 0.175. The topological polar surface area (TPSA) is 48.5 Å². The van der Waals surface area contributed by atoms with Crippen LogP contribution in [0.2, 0.25) is 0 Å². The monoisotopic (exact) mass is 282 g/mol. The number of amides is 1. The van der Waals surface area contributed by atoms with Gasteiger partial charge in [0.2, 0.25) is 5.91 Å². The zero-order valence-corrected chi connectivity index (χ0v) is 12.7. The SMILES string of the molecule is CCNC(C)c1cnc(N2CCCN(C)C(=O)C2)s1. The number of carbonyl (C=O) groups is 1. The molecule has 0 spiro atoms. The first-order valence-corrected chi connectivity index (χ1v) is 7.61. The van der Waals surface area contributed by atoms with Crippen LogP contribution in [0.5, 0.6) is 0 Å². The number of nitrogens with zero attached hydrogens (tertiary/aromatic N) is 3. The van der Waals surface area contributed by atoms with Crippen molar-refractivity contribution >= 4 is 22.4 Å². The molecule has 1 aliphatic rings. The second-order valence-corrected chi connectivity index (χ2v) is 5.96. The highest BCUT2D eigenvalue weighted by Gasteiger charge is 2.21. The largest absolute Gasteiger partial charge is 0.344 e. The van der Waals surface area contributed by atoms with Crippen molar-refractivity contribution in [1.29, 1.82) is 0 Å². The van der Waals surface area contributed by atoms with Crippen molar-refractivity contribution in [2.24, 2.45) is 0 Å². The van der Waals surface area contributed by atoms with Crippen LogP contribution >= 0.6 is 11.3 Å². The van der Waals surface area contributed by atoms with Gasteiger partial charge in [-0.2, -0.15) is 0 Å². The Balaban J connectivity index is 2.07. The van der Waals surface area contributed by atoms with Gasteiger partial charge in [-0.1, -0.05) is 6.92 Å². The molecular weight excluding hydrogens is 260 g/mol. The Labute approximate surface area is 118 Å². The van der Waals surface area contributed by atoms with Crippen molar-refractivity contribution < 1.29 is 4.79 Å². The van der Waals surface area contributed by atoms with Crippen LogP contribution in [0.4, 0.5) is 5.13 Å². The molecular formula is C13H22N4OS. The number of hydrogen-bond donors (Lipinski definition) is 1. The third-order valence-corrected chi connectivity index (χ3v) is 4.63. The highest BCUT2D eigenvalue weighted by Crippen LogP contribution is 2.27. The van der Waals surface area contributed by atoms with Crippen LogP contribution in [0.25, 0.3) is 0 Å². The Bertz CT molecular complexity index is 434. The lowest BCUT2D eigenvalue weighted by Crippen LogP contribution is -2.34. The normalized spacial score (nSPS) is 18.6. The van der Waals surface area contributed by atoms with E-state index in [-0.39, 0.29) is 5.91 Å². The number of hydrogen-bond acceptors (Lipinski definition) is 5. The van der Waals surface area contributed by atoms with Gasteiger partial charge in [-0.25, -0.2) is 4.98 Å². The predicted octanol–water partition coefficient (Wildman–Crippen LogP) is 1.48. The van der Waals surface area contributed by atoms with Gasteiger partial charge in [0.1, 0.15) is 0 Å². The Hall–Kier alpha value is -1.14. The lowest BCUT2D eigenvalue weighted by atomic mass is 10.3. The lowest BCUT2D eigenvalue weighted by Gasteiger charge is -2.18. The van der Waals surface area contributed by atoms with Crippen LogP contribution in [-0.4, -0.2) is 49.0 Å². The fraction of sp³-hybridized carbons (Fsp3) is 0.692. The molecule has 1 N–H and O–H groups in total. The van der Waals surface area contributed by atoms with Crippen molar-refractivity contribution in [2.45, 2.75) is 26.3 Å². The van der Waals surface area contributed by atoms with Gasteiger partial charge in [-0.05, 0) is 19.9 Å². The summed E-state index contributed by atoms with van der Waals surface area (Å²) in [7, 11) is 1.87. The molecule has 0 aliphatic carbocycles. The van der Waals surface area contributed by atoms with Crippen LogP contribution in [0, 0.1) is 0 Å². The van der Waals surface area contributed by atoms with Gasteiger partial charge in [0.05, 0.1) is 6.54 Å². The van der Waals surface area contributed by atoms with E-state index >= 15 is 0 Å². The van der Waals surface area contributed by atoms with Gasteiger partial charge >= 0.3 is 0 Å². The number of aromatic nitrogens is 1. The van der Waals surface area contributed by atoms with Crippen LogP contribution in [0.3, 0.4) is 0 Å². The summed E-state index contributed by atoms with van der Waals surface area (Å²) in [6.07, 6.45) is 2.92. The van der Waals surface area contributed by atoms with Gasteiger partial charge < -0.3 is 15.1 Å². The molecule has 2 rings (SSSR count). The van der Waals surface area contributed by atoms with Crippen LogP contribution < -0.4 is 10.2 Å². The molecule has 1 aromatic heterocycles. The minimum absolute atomic E-state index is 0.175. The highest BCUT2D eigenvalue weighted by atomic mass is 32.1. The van der Waals surface area contributed by atoms with E-state index in [2.05, 4.69) is 29.0 Å². The Morgan fingerprint density at radius 2 is 2.32 bits per heavy atom. The molecule has 19 heavy (non-hydrogen) atoms. The third-order valence-electron chi connectivity index (χ3n) is 3.39. The smallest absolute Gasteiger partial charge is 0.241 e. The fourth-order valence-electron chi connectivity index (χ4n) is 2.18. The molecule has 0 saturated carbocycles. The van der Waals surface area contributed by atoms with Crippen LogP contribution in [-0.2, 0) is 4.79 Å². The Morgan fingerprint density at radius 1 is 1.53 bits per heavy atom. The van der Waals surface area contributed by atoms with Crippen molar-refractivity contribution in [3.05, 3.63) is 11.1 Å². The molecule has 1 amide bonds. The molecule has 106 valence electrons. The molecule has 1 atom stereocenters. The minimum Gasteiger partial charge on any atom is -0.344 e. The summed E-state index contributed by atoms with van der Waals surface area (Å²) in [5.41, 5.74) is 0. The van der Waals surface area contributed by atoms with E-state index < -0.39 is 0 Å². The van der Waals surface area contributed by atoms with E-state index in [1.54, 1.807) is 16.2 Å². The van der Waals surface area contributed by atoms with Gasteiger partial charge in [-0.15, -0.1) is 11.3 Å². The Morgan fingerprint density at radius 3 is 3.05 bits per heavy atom. The van der Waals surface area contributed by atoms with E-state index in [0.717, 1.165) is 31.2 Å². The molecule has 1 fully saturated rings. The first-order chi connectivity index (χ1) is 9.11. The maximum Gasteiger partial charge on any atom is 0.241 e. The molecule has 0 bridgehead atoms. The van der Waals surface area contributed by atoms with E-state index in [9.17, 15) is 4.79 Å². The standard InChI is InChI=1S/C13H22N4OS/c1-4-14-10(2)11-8-15-13(19-11)17-7-5-6-16(3)12(18)9-17/h8,10,14H,4-7,9H2,1-3H3. The highest BCUT2D eigenvalue weighted by molar-refractivity contribution is 7.15. The molecule has 6 heteroatoms. The van der Waals surface area contributed by atoms with Crippen LogP contribution in [0.15, 0.2) is 6.20 Å². The summed E-state index contributed by atoms with van der Waals surface area (Å²) in [6, 6.07) is 0.321. The zero-order chi connectivity index (χ0) is 13.8. The summed E-state index contributed by atoms with van der Waals surface area (Å²) in [5, 5.41) is 4.34. The molecule has 1 saturated heterocycles. The van der Waals surface area contributed by atoms with Gasteiger partial charge in [-0.3, -0.25) is 4.79 Å². The number of rotatable bonds is 4. The summed E-state index contributed by atoms with van der Waals surface area (Å²) in [6.45, 7) is 7.37. The molecule has 0 aromatic carbocycles. The fourth-order valence-corrected chi connectivity index (χ4v) is 3.15. The molecule has 0 radical (unpaired) electrons. The molecule has 1 aliphatic heterocycles. The van der Waals surface area contributed by atoms with E-state index in [1.165, 1.54) is 4.88 Å². The zero-order valence-electron chi connectivity index (χ0n) is 11.8. The van der Waals surface area contributed by atoms with Gasteiger partial charge in [0.25, 0.3) is 0 Å². The summed E-state index contributed by atoms with van der Waals surface area (Å²) < 4.78 is 0. The maximum absolute atomic E-state index is 11.9. The van der Waals surface area contributed by atoms with Crippen LogP contribution in [0.1, 0.15) is 31.2 Å². The van der Waals surface area contributed by atoms with Gasteiger partial charge in [0.15, 0.2) is 5.13 Å². The Kier molecular flexibility index (Phi) is 4.76. The maximum atomic E-state index is 11.9. The average Bonchev–Trinajstić information content (AvgIpc) is 2.81. The molecule has 2 heterocycles. The molecule has 1 aromatic rings. The minimum atomic E-state index is 0.175. The number of nitrogens with one attached hydrogen (secondary N) is 1. The van der Waals surface area contributed by atoms with E-state index in [0.29, 0.717) is 12.6 Å². The summed E-state index contributed by atoms with van der Waals surface area (Å²) >= 11 is 1.68. The van der Waals surface area contributed by atoms with E-state index in [4.69, 9.17) is 0 Å². The lowest BCUT2D eigenvalue weighted by molar-refractivity contribution is -0.127. The van der Waals surface area contributed by atoms with Crippen molar-refractivity contribution in [2.75, 3.05) is 38.1 Å². The molecule has 5 nitrogen and oxygen atoms in total. The first-order valence-electron chi connectivity index (χ1n) is 6.79. The quantitative estimate of drug-likeness (QED) is 0.909. The van der Waals surface area contributed by atoms with Crippen molar-refractivity contribution in [1.82, 2.24) is 15.2 Å². The number of anilines is 1. The third kappa shape index (κ3) is 3.45. The van der Waals surface area contributed by atoms with Crippen molar-refractivity contribution in [3.8, 4) is 0 Å². The predicted molar refractivity (Wildman–Crippen MR) is 78.7 cm³/mol. The van der Waals surface area contributed by atoms with Gasteiger partial charge in [0, 0.05) is 37.3 Å². The summed E-state index contributed by atoms with van der Waals surface area (Å²) in [4.78, 5) is 21.5. The second-order valence-electron chi connectivity index (χ2n) is 4.91. The average molecular weight is 282 g/mol. The van der Waals surface area contributed by atoms with Crippen molar-refractivity contribution in [3.63, 3.8) is 0 Å².